The molecular formula is C17H29N. The maximum absolute atomic E-state index is 3.55. The molecule has 0 amide bonds. The van der Waals surface area contributed by atoms with Crippen LogP contribution in [0.3, 0.4) is 0 Å². The van der Waals surface area contributed by atoms with Crippen LogP contribution in [0.5, 0.6) is 0 Å². The fraction of sp³-hybridized carbons (Fsp3) is 0.647. The maximum atomic E-state index is 3.55. The Morgan fingerprint density at radius 3 is 2.22 bits per heavy atom. The van der Waals surface area contributed by atoms with Crippen LogP contribution < -0.4 is 5.32 Å². The summed E-state index contributed by atoms with van der Waals surface area (Å²) in [5.41, 5.74) is 1.47. The largest absolute Gasteiger partial charge is 0.317 e. The summed E-state index contributed by atoms with van der Waals surface area (Å²) in [7, 11) is 0. The standard InChI is InChI=1S/C17H29N/c1-16(2)10-6-8-14-18-15-9-7-13-17-11-4-3-5-12-17/h3-5,11-12,16,18H,6-10,13-15H2,1-2H3. The second-order valence-corrected chi connectivity index (χ2v) is 5.58. The van der Waals surface area contributed by atoms with Crippen molar-refractivity contribution >= 4 is 0 Å². The number of hydrogen-bond acceptors (Lipinski definition) is 1. The summed E-state index contributed by atoms with van der Waals surface area (Å²) in [6.07, 6.45) is 7.87. The molecule has 0 aliphatic carbocycles. The Morgan fingerprint density at radius 2 is 1.56 bits per heavy atom. The molecule has 1 rings (SSSR count). The van der Waals surface area contributed by atoms with Gasteiger partial charge in [-0.2, -0.15) is 0 Å². The monoisotopic (exact) mass is 247 g/mol. The summed E-state index contributed by atoms with van der Waals surface area (Å²) in [6, 6.07) is 10.8. The predicted octanol–water partition coefficient (Wildman–Crippen LogP) is 4.43. The van der Waals surface area contributed by atoms with Gasteiger partial charge in [-0.3, -0.25) is 0 Å². The molecule has 18 heavy (non-hydrogen) atoms. The Balaban J connectivity index is 1.84. The van der Waals surface area contributed by atoms with Gasteiger partial charge < -0.3 is 5.32 Å². The second-order valence-electron chi connectivity index (χ2n) is 5.58. The Kier molecular flexibility index (Phi) is 8.58. The van der Waals surface area contributed by atoms with Crippen LogP contribution in [-0.4, -0.2) is 13.1 Å². The van der Waals surface area contributed by atoms with Gasteiger partial charge in [0, 0.05) is 0 Å². The van der Waals surface area contributed by atoms with E-state index in [2.05, 4.69) is 49.5 Å². The van der Waals surface area contributed by atoms with E-state index in [1.165, 1.54) is 57.2 Å². The lowest BCUT2D eigenvalue weighted by Crippen LogP contribution is -2.16. The van der Waals surface area contributed by atoms with Gasteiger partial charge >= 0.3 is 0 Å². The van der Waals surface area contributed by atoms with E-state index in [1.807, 2.05) is 0 Å². The number of benzene rings is 1. The molecule has 0 bridgehead atoms. The van der Waals surface area contributed by atoms with Crippen molar-refractivity contribution in [3.8, 4) is 0 Å². The van der Waals surface area contributed by atoms with Crippen molar-refractivity contribution in [2.45, 2.75) is 52.4 Å². The third-order valence-corrected chi connectivity index (χ3v) is 3.30. The summed E-state index contributed by atoms with van der Waals surface area (Å²) >= 11 is 0. The highest BCUT2D eigenvalue weighted by Crippen LogP contribution is 2.05. The molecule has 0 fully saturated rings. The van der Waals surface area contributed by atoms with Gasteiger partial charge in [-0.15, -0.1) is 0 Å². The van der Waals surface area contributed by atoms with Crippen molar-refractivity contribution in [3.05, 3.63) is 35.9 Å². The quantitative estimate of drug-likeness (QED) is 0.603. The van der Waals surface area contributed by atoms with Crippen molar-refractivity contribution in [2.24, 2.45) is 5.92 Å². The number of rotatable bonds is 10. The van der Waals surface area contributed by atoms with Gasteiger partial charge in [0.25, 0.3) is 0 Å². The fourth-order valence-corrected chi connectivity index (χ4v) is 2.15. The lowest BCUT2D eigenvalue weighted by molar-refractivity contribution is 0.516. The van der Waals surface area contributed by atoms with E-state index in [1.54, 1.807) is 0 Å². The lowest BCUT2D eigenvalue weighted by Gasteiger charge is -2.06. The SMILES string of the molecule is CC(C)CCCCNCCCCc1ccccc1. The molecular weight excluding hydrogens is 218 g/mol. The van der Waals surface area contributed by atoms with Gasteiger partial charge in [-0.25, -0.2) is 0 Å². The molecule has 0 saturated carbocycles. The molecule has 0 aromatic heterocycles. The zero-order valence-corrected chi connectivity index (χ0v) is 12.1. The van der Waals surface area contributed by atoms with Gasteiger partial charge in [0.2, 0.25) is 0 Å². The zero-order chi connectivity index (χ0) is 13.1. The minimum Gasteiger partial charge on any atom is -0.317 e. The molecule has 0 unspecified atom stereocenters. The lowest BCUT2D eigenvalue weighted by atomic mass is 10.1. The van der Waals surface area contributed by atoms with E-state index in [4.69, 9.17) is 0 Å². The first-order valence-corrected chi connectivity index (χ1v) is 7.53. The van der Waals surface area contributed by atoms with Crippen LogP contribution in [0.25, 0.3) is 0 Å². The molecule has 1 nitrogen and oxygen atoms in total. The van der Waals surface area contributed by atoms with E-state index < -0.39 is 0 Å². The Morgan fingerprint density at radius 1 is 0.889 bits per heavy atom. The van der Waals surface area contributed by atoms with Crippen molar-refractivity contribution in [2.75, 3.05) is 13.1 Å². The molecule has 1 aromatic rings. The first-order valence-electron chi connectivity index (χ1n) is 7.53. The van der Waals surface area contributed by atoms with Crippen LogP contribution in [-0.2, 0) is 6.42 Å². The van der Waals surface area contributed by atoms with Gasteiger partial charge in [-0.05, 0) is 50.3 Å². The van der Waals surface area contributed by atoms with Crippen molar-refractivity contribution in [1.82, 2.24) is 5.32 Å². The topological polar surface area (TPSA) is 12.0 Å². The average Bonchev–Trinajstić information content (AvgIpc) is 2.37. The molecule has 0 aliphatic rings. The summed E-state index contributed by atoms with van der Waals surface area (Å²) < 4.78 is 0. The summed E-state index contributed by atoms with van der Waals surface area (Å²) in [4.78, 5) is 0. The van der Waals surface area contributed by atoms with Crippen LogP contribution in [0, 0.1) is 5.92 Å². The molecule has 102 valence electrons. The van der Waals surface area contributed by atoms with E-state index >= 15 is 0 Å². The summed E-state index contributed by atoms with van der Waals surface area (Å²) in [5.74, 6) is 0.857. The summed E-state index contributed by atoms with van der Waals surface area (Å²) in [5, 5.41) is 3.55. The third-order valence-electron chi connectivity index (χ3n) is 3.30. The predicted molar refractivity (Wildman–Crippen MR) is 80.9 cm³/mol. The normalized spacial score (nSPS) is 11.1. The van der Waals surface area contributed by atoms with Gasteiger partial charge in [-0.1, -0.05) is 57.0 Å². The zero-order valence-electron chi connectivity index (χ0n) is 12.1. The molecule has 0 aliphatic heterocycles. The third kappa shape index (κ3) is 8.30. The molecule has 1 heteroatoms. The number of aryl methyl sites for hydroxylation is 1. The smallest absolute Gasteiger partial charge is 0.00488 e. The second kappa shape index (κ2) is 10.1. The van der Waals surface area contributed by atoms with Crippen molar-refractivity contribution in [3.63, 3.8) is 0 Å². The molecule has 0 atom stereocenters. The fourth-order valence-electron chi connectivity index (χ4n) is 2.15. The van der Waals surface area contributed by atoms with Gasteiger partial charge in [0.05, 0.1) is 0 Å². The molecule has 1 aromatic carbocycles. The molecule has 1 N–H and O–H groups in total. The minimum atomic E-state index is 0.857. The Bertz CT molecular complexity index is 279. The van der Waals surface area contributed by atoms with Crippen LogP contribution in [0.4, 0.5) is 0 Å². The summed E-state index contributed by atoms with van der Waals surface area (Å²) in [6.45, 7) is 6.97. The van der Waals surface area contributed by atoms with Crippen LogP contribution in [0.15, 0.2) is 30.3 Å². The van der Waals surface area contributed by atoms with Gasteiger partial charge in [0.15, 0.2) is 0 Å². The highest BCUT2D eigenvalue weighted by Gasteiger charge is 1.95. The van der Waals surface area contributed by atoms with Crippen molar-refractivity contribution in [1.29, 1.82) is 0 Å². The highest BCUT2D eigenvalue weighted by atomic mass is 14.8. The highest BCUT2D eigenvalue weighted by molar-refractivity contribution is 5.14. The number of hydrogen-bond donors (Lipinski definition) is 1. The van der Waals surface area contributed by atoms with E-state index in [0.717, 1.165) is 5.92 Å². The first kappa shape index (κ1) is 15.2. The maximum Gasteiger partial charge on any atom is -0.00488 e. The number of unbranched alkanes of at least 4 members (excludes halogenated alkanes) is 2. The van der Waals surface area contributed by atoms with E-state index in [9.17, 15) is 0 Å². The Hall–Kier alpha value is -0.820. The first-order chi connectivity index (χ1) is 8.79. The Labute approximate surface area is 113 Å². The minimum absolute atomic E-state index is 0.857. The molecule has 0 heterocycles. The van der Waals surface area contributed by atoms with Crippen molar-refractivity contribution < 1.29 is 0 Å². The van der Waals surface area contributed by atoms with Crippen LogP contribution >= 0.6 is 0 Å². The molecule has 0 spiro atoms. The molecule has 0 radical (unpaired) electrons. The van der Waals surface area contributed by atoms with Gasteiger partial charge in [0.1, 0.15) is 0 Å². The van der Waals surface area contributed by atoms with E-state index in [0.29, 0.717) is 0 Å². The average molecular weight is 247 g/mol. The van der Waals surface area contributed by atoms with E-state index in [-0.39, 0.29) is 0 Å². The van der Waals surface area contributed by atoms with Crippen LogP contribution in [0.1, 0.15) is 51.5 Å². The van der Waals surface area contributed by atoms with Crippen LogP contribution in [0.2, 0.25) is 0 Å². The number of nitrogens with one attached hydrogen (secondary N) is 1. The molecule has 0 saturated heterocycles.